The highest BCUT2D eigenvalue weighted by atomic mass is 16.6. The summed E-state index contributed by atoms with van der Waals surface area (Å²) in [6, 6.07) is 0. The van der Waals surface area contributed by atoms with E-state index in [1.165, 1.54) is 135 Å². The van der Waals surface area contributed by atoms with Crippen molar-refractivity contribution in [2.75, 3.05) is 13.2 Å². The summed E-state index contributed by atoms with van der Waals surface area (Å²) >= 11 is 0. The summed E-state index contributed by atoms with van der Waals surface area (Å²) in [6.07, 6.45) is 64.8. The molecule has 0 aromatic carbocycles. The molecule has 0 fully saturated rings. The van der Waals surface area contributed by atoms with Gasteiger partial charge in [-0.1, -0.05) is 229 Å². The molecule has 0 bridgehead atoms. The molecule has 0 spiro atoms. The summed E-state index contributed by atoms with van der Waals surface area (Å²) in [5.74, 6) is -1.01. The van der Waals surface area contributed by atoms with Crippen molar-refractivity contribution in [3.8, 4) is 0 Å². The number of allylic oxidation sites excluding steroid dienone is 12. The minimum Gasteiger partial charge on any atom is -0.462 e. The van der Waals surface area contributed by atoms with Crippen LogP contribution in [0.3, 0.4) is 0 Å². The fourth-order valence-electron chi connectivity index (χ4n) is 7.25. The van der Waals surface area contributed by atoms with Crippen molar-refractivity contribution in [3.63, 3.8) is 0 Å². The van der Waals surface area contributed by atoms with Crippen molar-refractivity contribution in [3.05, 3.63) is 72.9 Å². The van der Waals surface area contributed by atoms with Gasteiger partial charge in [0.2, 0.25) is 0 Å². The second-order valence-electron chi connectivity index (χ2n) is 17.4. The van der Waals surface area contributed by atoms with E-state index in [-0.39, 0.29) is 44.0 Å². The van der Waals surface area contributed by atoms with Crippen LogP contribution in [0.4, 0.5) is 0 Å². The van der Waals surface area contributed by atoms with Gasteiger partial charge >= 0.3 is 17.9 Å². The Morgan fingerprint density at radius 1 is 0.333 bits per heavy atom. The van der Waals surface area contributed by atoms with E-state index in [1.54, 1.807) is 0 Å². The Morgan fingerprint density at radius 2 is 0.635 bits per heavy atom. The SMILES string of the molecule is CC/C=C\C/C=C\C/C=C\CCCC(=O)OCC(COC(=O)CCC/C=C\C/C=C\C/C=C\CCCCCCCC)OC(=O)CCCCCCCCCCCCCCCCCCC. The van der Waals surface area contributed by atoms with Crippen molar-refractivity contribution in [1.29, 1.82) is 0 Å². The predicted octanol–water partition coefficient (Wildman–Crippen LogP) is 17.4. The molecule has 0 heterocycles. The number of carbonyl (C=O) groups excluding carboxylic acids is 3. The third kappa shape index (κ3) is 49.7. The average Bonchev–Trinajstić information content (AvgIpc) is 3.28. The summed E-state index contributed by atoms with van der Waals surface area (Å²) in [4.78, 5) is 37.9. The first-order chi connectivity index (χ1) is 31.0. The molecule has 6 nitrogen and oxygen atoms in total. The number of hydrogen-bond donors (Lipinski definition) is 0. The molecule has 0 aromatic heterocycles. The van der Waals surface area contributed by atoms with E-state index in [0.29, 0.717) is 19.3 Å². The van der Waals surface area contributed by atoms with Gasteiger partial charge in [-0.15, -0.1) is 0 Å². The average molecular weight is 879 g/mol. The summed E-state index contributed by atoms with van der Waals surface area (Å²) in [5, 5.41) is 0. The number of rotatable bonds is 47. The Morgan fingerprint density at radius 3 is 1.02 bits per heavy atom. The van der Waals surface area contributed by atoms with Gasteiger partial charge in [0.1, 0.15) is 13.2 Å². The van der Waals surface area contributed by atoms with Crippen LogP contribution in [0.2, 0.25) is 0 Å². The van der Waals surface area contributed by atoms with Crippen molar-refractivity contribution in [2.24, 2.45) is 0 Å². The van der Waals surface area contributed by atoms with Crippen LogP contribution in [-0.4, -0.2) is 37.2 Å². The van der Waals surface area contributed by atoms with Gasteiger partial charge in [0.25, 0.3) is 0 Å². The van der Waals surface area contributed by atoms with Crippen molar-refractivity contribution >= 4 is 17.9 Å². The lowest BCUT2D eigenvalue weighted by molar-refractivity contribution is -0.167. The Bertz CT molecular complexity index is 1190. The zero-order chi connectivity index (χ0) is 45.8. The smallest absolute Gasteiger partial charge is 0.306 e. The van der Waals surface area contributed by atoms with E-state index >= 15 is 0 Å². The van der Waals surface area contributed by atoms with Crippen LogP contribution >= 0.6 is 0 Å². The molecule has 0 rings (SSSR count). The summed E-state index contributed by atoms with van der Waals surface area (Å²) in [5.41, 5.74) is 0. The maximum absolute atomic E-state index is 12.8. The summed E-state index contributed by atoms with van der Waals surface area (Å²) < 4.78 is 16.7. The number of carbonyl (C=O) groups is 3. The highest BCUT2D eigenvalue weighted by Crippen LogP contribution is 2.15. The van der Waals surface area contributed by atoms with Gasteiger partial charge in [0, 0.05) is 19.3 Å². The molecule has 0 saturated heterocycles. The molecule has 6 heteroatoms. The van der Waals surface area contributed by atoms with Gasteiger partial charge in [-0.05, 0) is 77.0 Å². The maximum Gasteiger partial charge on any atom is 0.306 e. The normalized spacial score (nSPS) is 12.6. The van der Waals surface area contributed by atoms with Gasteiger partial charge in [-0.25, -0.2) is 0 Å². The minimum absolute atomic E-state index is 0.116. The fourth-order valence-corrected chi connectivity index (χ4v) is 7.25. The van der Waals surface area contributed by atoms with Crippen LogP contribution in [0.5, 0.6) is 0 Å². The van der Waals surface area contributed by atoms with Crippen LogP contribution in [0, 0.1) is 0 Å². The van der Waals surface area contributed by atoms with Crippen LogP contribution in [0.1, 0.15) is 252 Å². The van der Waals surface area contributed by atoms with E-state index in [2.05, 4.69) is 93.7 Å². The molecule has 0 N–H and O–H groups in total. The van der Waals surface area contributed by atoms with Gasteiger partial charge in [0.15, 0.2) is 6.10 Å². The molecule has 0 saturated carbocycles. The lowest BCUT2D eigenvalue weighted by Gasteiger charge is -2.18. The third-order valence-electron chi connectivity index (χ3n) is 11.2. The van der Waals surface area contributed by atoms with Gasteiger partial charge < -0.3 is 14.2 Å². The van der Waals surface area contributed by atoms with Crippen molar-refractivity contribution in [1.82, 2.24) is 0 Å². The molecule has 63 heavy (non-hydrogen) atoms. The van der Waals surface area contributed by atoms with Crippen LogP contribution in [0.25, 0.3) is 0 Å². The number of ether oxygens (including phenoxy) is 3. The molecule has 0 aromatic rings. The highest BCUT2D eigenvalue weighted by molar-refractivity contribution is 5.71. The van der Waals surface area contributed by atoms with Gasteiger partial charge in [0.05, 0.1) is 0 Å². The second-order valence-corrected chi connectivity index (χ2v) is 17.4. The number of unbranched alkanes of at least 4 members (excludes halogenated alkanes) is 24. The lowest BCUT2D eigenvalue weighted by Crippen LogP contribution is -2.30. The van der Waals surface area contributed by atoms with Crippen LogP contribution in [0.15, 0.2) is 72.9 Å². The van der Waals surface area contributed by atoms with Gasteiger partial charge in [-0.2, -0.15) is 0 Å². The zero-order valence-corrected chi connectivity index (χ0v) is 41.3. The van der Waals surface area contributed by atoms with Crippen LogP contribution in [-0.2, 0) is 28.6 Å². The molecular formula is C57H98O6. The maximum atomic E-state index is 12.8. The lowest BCUT2D eigenvalue weighted by atomic mass is 10.0. The Labute approximate surface area is 389 Å². The molecule has 0 aliphatic heterocycles. The standard InChI is InChI=1S/C57H98O6/c1-4-7-10-13-16-19-22-24-26-28-30-32-35-38-41-44-47-50-56(59)62-53-54(52-61-55(58)49-46-43-40-37-34-21-18-15-12-9-6-3)63-57(60)51-48-45-42-39-36-33-31-29-27-25-23-20-17-14-11-8-5-2/h9,12,18,21,24,26,30,32,37-38,40-41,54H,4-8,10-11,13-17,19-20,22-23,25,27-29,31,33-36,39,42-53H2,1-3H3/b12-9-,21-18-,26-24-,32-30-,40-37-,41-38-. The fraction of sp³-hybridized carbons (Fsp3) is 0.737. The van der Waals surface area contributed by atoms with Crippen LogP contribution < -0.4 is 0 Å². The van der Waals surface area contributed by atoms with Crippen molar-refractivity contribution in [2.45, 2.75) is 258 Å². The highest BCUT2D eigenvalue weighted by Gasteiger charge is 2.19. The molecule has 1 atom stereocenters. The molecule has 0 aliphatic carbocycles. The van der Waals surface area contributed by atoms with E-state index in [4.69, 9.17) is 14.2 Å². The zero-order valence-electron chi connectivity index (χ0n) is 41.3. The van der Waals surface area contributed by atoms with Crippen molar-refractivity contribution < 1.29 is 28.6 Å². The summed E-state index contributed by atoms with van der Waals surface area (Å²) in [6.45, 7) is 6.43. The molecule has 0 radical (unpaired) electrons. The molecular weight excluding hydrogens is 781 g/mol. The minimum atomic E-state index is -0.813. The largest absolute Gasteiger partial charge is 0.462 e. The quantitative estimate of drug-likeness (QED) is 0.0262. The topological polar surface area (TPSA) is 78.9 Å². The second kappa shape index (κ2) is 51.5. The van der Waals surface area contributed by atoms with Gasteiger partial charge in [-0.3, -0.25) is 14.4 Å². The first-order valence-corrected chi connectivity index (χ1v) is 26.4. The third-order valence-corrected chi connectivity index (χ3v) is 11.2. The molecule has 362 valence electrons. The van der Waals surface area contributed by atoms with E-state index in [9.17, 15) is 14.4 Å². The van der Waals surface area contributed by atoms with E-state index in [1.807, 2.05) is 0 Å². The molecule has 1 unspecified atom stereocenters. The van der Waals surface area contributed by atoms with E-state index in [0.717, 1.165) is 64.2 Å². The summed E-state index contributed by atoms with van der Waals surface area (Å²) in [7, 11) is 0. The number of esters is 3. The monoisotopic (exact) mass is 879 g/mol. The Hall–Kier alpha value is -3.15. The Balaban J connectivity index is 4.45. The molecule has 0 amide bonds. The van der Waals surface area contributed by atoms with E-state index < -0.39 is 6.10 Å². The first-order valence-electron chi connectivity index (χ1n) is 26.4. The number of hydrogen-bond acceptors (Lipinski definition) is 6. The predicted molar refractivity (Wildman–Crippen MR) is 270 cm³/mol. The Kier molecular flexibility index (Phi) is 48.9. The first kappa shape index (κ1) is 59.9. The molecule has 0 aliphatic rings.